The van der Waals surface area contributed by atoms with Gasteiger partial charge in [-0.05, 0) is 219 Å². The topological polar surface area (TPSA) is 12.0 Å². The number of nitrogens with one attached hydrogen (secondary N) is 1. The smallest absolute Gasteiger partial charge is 0.0416 e. The van der Waals surface area contributed by atoms with Crippen LogP contribution in [0.25, 0.3) is 128 Å². The fraction of sp³-hybridized carbons (Fsp3) is 0.0130. The van der Waals surface area contributed by atoms with Crippen LogP contribution in [0.15, 0.2) is 315 Å². The third kappa shape index (κ3) is 10.3. The second-order valence-corrected chi connectivity index (χ2v) is 20.2. The number of dihydropyridines is 1. The zero-order chi connectivity index (χ0) is 52.0. The first kappa shape index (κ1) is 47.6. The molecule has 368 valence electrons. The molecule has 0 unspecified atom stereocenters. The summed E-state index contributed by atoms with van der Waals surface area (Å²) in [5.41, 5.74) is 27.9. The Morgan fingerprint density at radius 1 is 0.179 bits per heavy atom. The molecule has 1 heteroatoms. The minimum atomic E-state index is 0.804. The Kier molecular flexibility index (Phi) is 13.2. The molecule has 0 aromatic heterocycles. The molecule has 0 atom stereocenters. The van der Waals surface area contributed by atoms with Gasteiger partial charge in [-0.3, -0.25) is 0 Å². The highest BCUT2D eigenvalue weighted by Crippen LogP contribution is 2.42. The molecule has 0 saturated heterocycles. The van der Waals surface area contributed by atoms with Crippen molar-refractivity contribution < 1.29 is 0 Å². The fourth-order valence-corrected chi connectivity index (χ4v) is 10.9. The Balaban J connectivity index is 1.03. The third-order valence-corrected chi connectivity index (χ3v) is 15.0. The van der Waals surface area contributed by atoms with E-state index in [2.05, 4.69) is 321 Å². The molecular formula is C77H55N. The van der Waals surface area contributed by atoms with Crippen molar-refractivity contribution in [2.45, 2.75) is 0 Å². The predicted molar refractivity (Wildman–Crippen MR) is 331 cm³/mol. The molecule has 13 rings (SSSR count). The van der Waals surface area contributed by atoms with Gasteiger partial charge in [-0.2, -0.15) is 0 Å². The molecule has 0 amide bonds. The van der Waals surface area contributed by atoms with Crippen molar-refractivity contribution in [2.75, 3.05) is 6.54 Å². The SMILES string of the molecule is C1=CCNC(c2cccc(-c3cc(-c4cc(-c5cccc(-c6ccccc6)c5)cc(-c5cccc(-c6ccccc6)c5)c4)cc(-c4cc(-c5cccc(-c6ccccc6)c5)cc(-c5cccc(-c6ccccc6)c5)c4)c3)c2)=C1. The molecule has 12 aromatic rings. The molecule has 1 heterocycles. The predicted octanol–water partition coefficient (Wildman–Crippen LogP) is 20.5. The van der Waals surface area contributed by atoms with E-state index in [1.807, 2.05) is 0 Å². The molecule has 0 radical (unpaired) electrons. The Morgan fingerprint density at radius 3 is 0.615 bits per heavy atom. The lowest BCUT2D eigenvalue weighted by atomic mass is 9.87. The summed E-state index contributed by atoms with van der Waals surface area (Å²) < 4.78 is 0. The van der Waals surface area contributed by atoms with Gasteiger partial charge in [0.2, 0.25) is 0 Å². The maximum atomic E-state index is 3.61. The molecule has 1 nitrogen and oxygen atoms in total. The first-order valence-electron chi connectivity index (χ1n) is 26.9. The summed E-state index contributed by atoms with van der Waals surface area (Å²) in [7, 11) is 0. The van der Waals surface area contributed by atoms with Gasteiger partial charge in [0.1, 0.15) is 0 Å². The lowest BCUT2D eigenvalue weighted by Crippen LogP contribution is -2.14. The summed E-state index contributed by atoms with van der Waals surface area (Å²) in [6.07, 6.45) is 6.46. The van der Waals surface area contributed by atoms with Crippen molar-refractivity contribution in [1.29, 1.82) is 0 Å². The van der Waals surface area contributed by atoms with E-state index < -0.39 is 0 Å². The largest absolute Gasteiger partial charge is 0.381 e. The summed E-state index contributed by atoms with van der Waals surface area (Å²) in [5.74, 6) is 0. The second kappa shape index (κ2) is 21.6. The van der Waals surface area contributed by atoms with Crippen molar-refractivity contribution in [3.63, 3.8) is 0 Å². The van der Waals surface area contributed by atoms with Crippen molar-refractivity contribution in [1.82, 2.24) is 5.32 Å². The normalized spacial score (nSPS) is 11.9. The van der Waals surface area contributed by atoms with Gasteiger partial charge in [-0.1, -0.05) is 224 Å². The molecule has 1 aliphatic rings. The highest BCUT2D eigenvalue weighted by atomic mass is 14.9. The van der Waals surface area contributed by atoms with E-state index in [4.69, 9.17) is 0 Å². The highest BCUT2D eigenvalue weighted by Gasteiger charge is 2.16. The zero-order valence-corrected chi connectivity index (χ0v) is 43.2. The van der Waals surface area contributed by atoms with Crippen LogP contribution < -0.4 is 5.32 Å². The molecule has 12 aromatic carbocycles. The molecule has 0 bridgehead atoms. The molecule has 78 heavy (non-hydrogen) atoms. The van der Waals surface area contributed by atoms with Crippen LogP contribution >= 0.6 is 0 Å². The van der Waals surface area contributed by atoms with E-state index in [9.17, 15) is 0 Å². The summed E-state index contributed by atoms with van der Waals surface area (Å²) in [4.78, 5) is 0. The third-order valence-electron chi connectivity index (χ3n) is 15.0. The molecule has 0 saturated carbocycles. The van der Waals surface area contributed by atoms with E-state index in [1.165, 1.54) is 44.5 Å². The van der Waals surface area contributed by atoms with Crippen LogP contribution in [0.2, 0.25) is 0 Å². The van der Waals surface area contributed by atoms with Gasteiger partial charge >= 0.3 is 0 Å². The first-order chi connectivity index (χ1) is 38.6. The maximum Gasteiger partial charge on any atom is 0.0416 e. The van der Waals surface area contributed by atoms with E-state index in [-0.39, 0.29) is 0 Å². The number of allylic oxidation sites excluding steroid dienone is 2. The summed E-state index contributed by atoms with van der Waals surface area (Å²) in [6, 6.07) is 109. The molecule has 1 N–H and O–H groups in total. The number of benzene rings is 12. The number of hydrogen-bond acceptors (Lipinski definition) is 1. The van der Waals surface area contributed by atoms with Crippen LogP contribution in [0.5, 0.6) is 0 Å². The minimum absolute atomic E-state index is 0.804. The average Bonchev–Trinajstić information content (AvgIpc) is 3.59. The van der Waals surface area contributed by atoms with Crippen LogP contribution in [-0.4, -0.2) is 6.54 Å². The number of hydrogen-bond donors (Lipinski definition) is 1. The summed E-state index contributed by atoms with van der Waals surface area (Å²) >= 11 is 0. The fourth-order valence-electron chi connectivity index (χ4n) is 10.9. The van der Waals surface area contributed by atoms with E-state index in [0.717, 1.165) is 95.7 Å². The Morgan fingerprint density at radius 2 is 0.372 bits per heavy atom. The minimum Gasteiger partial charge on any atom is -0.381 e. The van der Waals surface area contributed by atoms with Gasteiger partial charge in [0.15, 0.2) is 0 Å². The maximum absolute atomic E-state index is 3.61. The van der Waals surface area contributed by atoms with Crippen LogP contribution in [0, 0.1) is 0 Å². The van der Waals surface area contributed by atoms with Crippen molar-refractivity contribution in [3.05, 3.63) is 321 Å². The molecule has 0 spiro atoms. The standard InChI is InChI=1S/C77H55N/c1-5-20-54(21-6-1)58-28-15-32-62(40-58)68-45-69(63-33-16-29-59(41-63)55-22-7-2-8-23-55)48-73(47-68)75-51-72(66-36-19-37-67(44-66)77-38-13-14-39-78-77)52-76(53-75)74-49-70(64-34-17-30-60(42-64)56-24-9-3-10-25-56)46-71(50-74)65-35-18-31-61(43-65)57-26-11-4-12-27-57/h1-38,40-53,78H,39H2. The monoisotopic (exact) mass is 993 g/mol. The van der Waals surface area contributed by atoms with Gasteiger partial charge in [0.05, 0.1) is 0 Å². The highest BCUT2D eigenvalue weighted by molar-refractivity contribution is 5.91. The van der Waals surface area contributed by atoms with Crippen LogP contribution in [0.1, 0.15) is 5.56 Å². The average molecular weight is 994 g/mol. The van der Waals surface area contributed by atoms with Gasteiger partial charge in [-0.25, -0.2) is 0 Å². The van der Waals surface area contributed by atoms with Gasteiger partial charge in [-0.15, -0.1) is 0 Å². The first-order valence-corrected chi connectivity index (χ1v) is 26.9. The quantitative estimate of drug-likeness (QED) is 0.129. The molecule has 0 fully saturated rings. The Labute approximate surface area is 458 Å². The van der Waals surface area contributed by atoms with Crippen molar-refractivity contribution in [3.8, 4) is 122 Å². The van der Waals surface area contributed by atoms with Crippen molar-refractivity contribution in [2.24, 2.45) is 0 Å². The van der Waals surface area contributed by atoms with E-state index in [0.29, 0.717) is 0 Å². The molecule has 1 aliphatic heterocycles. The van der Waals surface area contributed by atoms with Gasteiger partial charge in [0.25, 0.3) is 0 Å². The van der Waals surface area contributed by atoms with Gasteiger partial charge in [0, 0.05) is 12.2 Å². The van der Waals surface area contributed by atoms with Crippen LogP contribution in [0.4, 0.5) is 0 Å². The Bertz CT molecular complexity index is 3730. The summed E-state index contributed by atoms with van der Waals surface area (Å²) in [6.45, 7) is 0.804. The van der Waals surface area contributed by atoms with E-state index in [1.54, 1.807) is 0 Å². The second-order valence-electron chi connectivity index (χ2n) is 20.2. The molecule has 0 aliphatic carbocycles. The lowest BCUT2D eigenvalue weighted by Gasteiger charge is -2.17. The van der Waals surface area contributed by atoms with Gasteiger partial charge < -0.3 is 5.32 Å². The lowest BCUT2D eigenvalue weighted by molar-refractivity contribution is 0.996. The zero-order valence-electron chi connectivity index (χ0n) is 43.2. The van der Waals surface area contributed by atoms with E-state index >= 15 is 0 Å². The Hall–Kier alpha value is -10.1. The van der Waals surface area contributed by atoms with Crippen LogP contribution in [0.3, 0.4) is 0 Å². The summed E-state index contributed by atoms with van der Waals surface area (Å²) in [5, 5.41) is 3.61. The van der Waals surface area contributed by atoms with Crippen LogP contribution in [-0.2, 0) is 0 Å². The van der Waals surface area contributed by atoms with Crippen molar-refractivity contribution >= 4 is 5.70 Å². The number of rotatable bonds is 12. The molecular weight excluding hydrogens is 939 g/mol.